The minimum atomic E-state index is 0.492. The predicted molar refractivity (Wildman–Crippen MR) is 108 cm³/mol. The maximum atomic E-state index is 5.96. The minimum absolute atomic E-state index is 0.492. The zero-order valence-electron chi connectivity index (χ0n) is 14.7. The van der Waals surface area contributed by atoms with Crippen LogP contribution in [0.5, 0.6) is 11.5 Å². The molecule has 0 fully saturated rings. The first kappa shape index (κ1) is 17.6. The number of rotatable bonds is 8. The molecule has 0 amide bonds. The second-order valence-electron chi connectivity index (χ2n) is 5.92. The number of benzene rings is 3. The molecule has 0 atom stereocenters. The van der Waals surface area contributed by atoms with Gasteiger partial charge >= 0.3 is 0 Å². The molecule has 0 saturated heterocycles. The summed E-state index contributed by atoms with van der Waals surface area (Å²) in [5.41, 5.74) is 4.40. The van der Waals surface area contributed by atoms with E-state index in [9.17, 15) is 0 Å². The van der Waals surface area contributed by atoms with Crippen molar-refractivity contribution in [2.45, 2.75) is 13.2 Å². The zero-order chi connectivity index (χ0) is 18.2. The van der Waals surface area contributed by atoms with Gasteiger partial charge in [0.25, 0.3) is 0 Å². The lowest BCUT2D eigenvalue weighted by Gasteiger charge is -2.13. The molecule has 3 aromatic rings. The fraction of sp³-hybridized carbons (Fsp3) is 0.0833. The van der Waals surface area contributed by atoms with Crippen molar-refractivity contribution in [1.82, 2.24) is 0 Å². The quantitative estimate of drug-likeness (QED) is 0.490. The fourth-order valence-electron chi connectivity index (χ4n) is 2.51. The second kappa shape index (κ2) is 8.72. The molecule has 0 spiro atoms. The van der Waals surface area contributed by atoms with Crippen LogP contribution in [0.4, 0.5) is 0 Å². The van der Waals surface area contributed by atoms with Crippen LogP contribution in [0.1, 0.15) is 22.3 Å². The Morgan fingerprint density at radius 1 is 0.577 bits per heavy atom. The molecule has 0 aromatic heterocycles. The lowest BCUT2D eigenvalue weighted by molar-refractivity contribution is 0.256. The summed E-state index contributed by atoms with van der Waals surface area (Å²) in [7, 11) is 0. The van der Waals surface area contributed by atoms with Gasteiger partial charge in [0.1, 0.15) is 13.2 Å². The van der Waals surface area contributed by atoms with E-state index in [1.54, 1.807) is 0 Å². The van der Waals surface area contributed by atoms with Crippen molar-refractivity contribution in [2.24, 2.45) is 0 Å². The SMILES string of the molecule is C=Cc1ccc(COc2ccccc2OCc2ccc(C=C)cc2)cc1. The monoisotopic (exact) mass is 342 g/mol. The maximum Gasteiger partial charge on any atom is 0.161 e. The molecule has 0 saturated carbocycles. The maximum absolute atomic E-state index is 5.96. The highest BCUT2D eigenvalue weighted by molar-refractivity contribution is 5.48. The summed E-state index contributed by atoms with van der Waals surface area (Å²) in [6, 6.07) is 24.0. The standard InChI is InChI=1S/C24H22O2/c1-3-19-9-13-21(14-10-19)17-25-23-7-5-6-8-24(23)26-18-22-15-11-20(4-2)12-16-22/h3-16H,1-2,17-18H2. The second-order valence-corrected chi connectivity index (χ2v) is 5.92. The average molecular weight is 342 g/mol. The Morgan fingerprint density at radius 2 is 0.962 bits per heavy atom. The Kier molecular flexibility index (Phi) is 5.89. The summed E-state index contributed by atoms with van der Waals surface area (Å²) in [4.78, 5) is 0. The Morgan fingerprint density at radius 3 is 1.31 bits per heavy atom. The molecule has 130 valence electrons. The Balaban J connectivity index is 1.63. The van der Waals surface area contributed by atoms with Crippen LogP contribution < -0.4 is 9.47 Å². The first-order valence-corrected chi connectivity index (χ1v) is 8.56. The van der Waals surface area contributed by atoms with Crippen molar-refractivity contribution in [3.63, 3.8) is 0 Å². The summed E-state index contributed by atoms with van der Waals surface area (Å²) in [6.07, 6.45) is 3.66. The molecule has 0 heterocycles. The van der Waals surface area contributed by atoms with Gasteiger partial charge in [-0.2, -0.15) is 0 Å². The normalized spacial score (nSPS) is 10.2. The molecule has 26 heavy (non-hydrogen) atoms. The van der Waals surface area contributed by atoms with Crippen molar-refractivity contribution in [1.29, 1.82) is 0 Å². The van der Waals surface area contributed by atoms with Crippen LogP contribution in [0.15, 0.2) is 86.0 Å². The summed E-state index contributed by atoms with van der Waals surface area (Å²) < 4.78 is 11.9. The van der Waals surface area contributed by atoms with E-state index in [1.165, 1.54) is 0 Å². The molecule has 3 aromatic carbocycles. The molecule has 0 aliphatic carbocycles. The third-order valence-electron chi connectivity index (χ3n) is 4.07. The van der Waals surface area contributed by atoms with Gasteiger partial charge < -0.3 is 9.47 Å². The molecule has 3 rings (SSSR count). The van der Waals surface area contributed by atoms with Crippen molar-refractivity contribution >= 4 is 12.2 Å². The summed E-state index contributed by atoms with van der Waals surface area (Å²) in [6.45, 7) is 8.52. The summed E-state index contributed by atoms with van der Waals surface area (Å²) >= 11 is 0. The van der Waals surface area contributed by atoms with Gasteiger partial charge in [-0.15, -0.1) is 0 Å². The Hall–Kier alpha value is -3.26. The third kappa shape index (κ3) is 4.64. The molecule has 0 aliphatic heterocycles. The summed E-state index contributed by atoms with van der Waals surface area (Å²) in [5.74, 6) is 1.48. The fourth-order valence-corrected chi connectivity index (χ4v) is 2.51. The number of hydrogen-bond acceptors (Lipinski definition) is 2. The number of para-hydroxylation sites is 2. The Bertz CT molecular complexity index is 787. The predicted octanol–water partition coefficient (Wildman–Crippen LogP) is 6.13. The van der Waals surface area contributed by atoms with E-state index in [2.05, 4.69) is 13.2 Å². The van der Waals surface area contributed by atoms with E-state index in [4.69, 9.17) is 9.47 Å². The van der Waals surface area contributed by atoms with E-state index in [1.807, 2.05) is 84.9 Å². The molecular formula is C24H22O2. The van der Waals surface area contributed by atoms with Crippen LogP contribution in [0.25, 0.3) is 12.2 Å². The lowest BCUT2D eigenvalue weighted by Crippen LogP contribution is -2.00. The van der Waals surface area contributed by atoms with Gasteiger partial charge in [0.15, 0.2) is 11.5 Å². The highest BCUT2D eigenvalue weighted by atomic mass is 16.5. The first-order valence-electron chi connectivity index (χ1n) is 8.56. The first-order chi connectivity index (χ1) is 12.8. The molecular weight excluding hydrogens is 320 g/mol. The highest BCUT2D eigenvalue weighted by Gasteiger charge is 2.05. The molecule has 0 aliphatic rings. The number of hydrogen-bond donors (Lipinski definition) is 0. The molecule has 0 unspecified atom stereocenters. The van der Waals surface area contributed by atoms with E-state index in [0.717, 1.165) is 33.8 Å². The van der Waals surface area contributed by atoms with E-state index in [-0.39, 0.29) is 0 Å². The van der Waals surface area contributed by atoms with E-state index >= 15 is 0 Å². The smallest absolute Gasteiger partial charge is 0.161 e. The van der Waals surface area contributed by atoms with Gasteiger partial charge in [-0.25, -0.2) is 0 Å². The van der Waals surface area contributed by atoms with E-state index in [0.29, 0.717) is 13.2 Å². The van der Waals surface area contributed by atoms with Crippen LogP contribution in [0.2, 0.25) is 0 Å². The molecule has 0 N–H and O–H groups in total. The number of ether oxygens (including phenoxy) is 2. The van der Waals surface area contributed by atoms with Crippen LogP contribution >= 0.6 is 0 Å². The molecule has 2 heteroatoms. The molecule has 0 bridgehead atoms. The van der Waals surface area contributed by atoms with Gasteiger partial charge in [0.2, 0.25) is 0 Å². The van der Waals surface area contributed by atoms with Gasteiger partial charge in [0, 0.05) is 0 Å². The van der Waals surface area contributed by atoms with Crippen molar-refractivity contribution in [2.75, 3.05) is 0 Å². The van der Waals surface area contributed by atoms with Crippen LogP contribution in [0, 0.1) is 0 Å². The van der Waals surface area contributed by atoms with Crippen molar-refractivity contribution in [3.05, 3.63) is 108 Å². The highest BCUT2D eigenvalue weighted by Crippen LogP contribution is 2.28. The topological polar surface area (TPSA) is 18.5 Å². The summed E-state index contributed by atoms with van der Waals surface area (Å²) in [5, 5.41) is 0. The zero-order valence-corrected chi connectivity index (χ0v) is 14.7. The van der Waals surface area contributed by atoms with Crippen LogP contribution in [-0.4, -0.2) is 0 Å². The van der Waals surface area contributed by atoms with Gasteiger partial charge in [-0.3, -0.25) is 0 Å². The van der Waals surface area contributed by atoms with Gasteiger partial charge in [-0.1, -0.05) is 86.0 Å². The molecule has 0 radical (unpaired) electrons. The average Bonchev–Trinajstić information content (AvgIpc) is 2.72. The van der Waals surface area contributed by atoms with Gasteiger partial charge in [-0.05, 0) is 34.4 Å². The van der Waals surface area contributed by atoms with Crippen molar-refractivity contribution in [3.8, 4) is 11.5 Å². The third-order valence-corrected chi connectivity index (χ3v) is 4.07. The van der Waals surface area contributed by atoms with E-state index < -0.39 is 0 Å². The van der Waals surface area contributed by atoms with Crippen LogP contribution in [-0.2, 0) is 13.2 Å². The van der Waals surface area contributed by atoms with Crippen LogP contribution in [0.3, 0.4) is 0 Å². The lowest BCUT2D eigenvalue weighted by atomic mass is 10.1. The van der Waals surface area contributed by atoms with Gasteiger partial charge in [0.05, 0.1) is 0 Å². The van der Waals surface area contributed by atoms with Crippen molar-refractivity contribution < 1.29 is 9.47 Å². The Labute approximate surface area is 155 Å². The molecule has 2 nitrogen and oxygen atoms in total. The minimum Gasteiger partial charge on any atom is -0.485 e. The largest absolute Gasteiger partial charge is 0.485 e.